The normalized spacial score (nSPS) is 20.2. The Morgan fingerprint density at radius 1 is 0.949 bits per heavy atom. The molecule has 0 radical (unpaired) electrons. The molecule has 2 aliphatic heterocycles. The van der Waals surface area contributed by atoms with E-state index in [0.717, 1.165) is 0 Å². The Morgan fingerprint density at radius 2 is 1.49 bits per heavy atom. The number of rotatable bonds is 7. The van der Waals surface area contributed by atoms with E-state index in [1.165, 1.54) is 34.8 Å². The van der Waals surface area contributed by atoms with E-state index in [9.17, 15) is 22.8 Å². The predicted octanol–water partition coefficient (Wildman–Crippen LogP) is 2.23. The van der Waals surface area contributed by atoms with Gasteiger partial charge in [-0.3, -0.25) is 15.0 Å². The molecule has 0 bridgehead atoms. The fourth-order valence-corrected chi connectivity index (χ4v) is 6.12. The number of nitrogens with zero attached hydrogens (tertiary/aromatic N) is 2. The summed E-state index contributed by atoms with van der Waals surface area (Å²) in [6, 6.07) is 11.4. The highest BCUT2D eigenvalue weighted by molar-refractivity contribution is 7.88. The number of sulfonamides is 1. The van der Waals surface area contributed by atoms with Gasteiger partial charge >= 0.3 is 5.97 Å². The van der Waals surface area contributed by atoms with Crippen molar-refractivity contribution in [3.8, 4) is 0 Å². The highest BCUT2D eigenvalue weighted by Crippen LogP contribution is 2.36. The summed E-state index contributed by atoms with van der Waals surface area (Å²) in [6.07, 6.45) is 2.93. The largest absolute Gasteiger partial charge is 0.478 e. The molecule has 2 amide bonds. The van der Waals surface area contributed by atoms with Gasteiger partial charge in [-0.15, -0.1) is 12.4 Å². The molecule has 2 aromatic rings. The molecule has 2 aromatic carbocycles. The first-order chi connectivity index (χ1) is 17.9. The van der Waals surface area contributed by atoms with Crippen molar-refractivity contribution in [2.45, 2.75) is 25.3 Å². The number of carbonyl (C=O) groups is 3. The Balaban J connectivity index is 0.00000420. The Morgan fingerprint density at radius 3 is 2.00 bits per heavy atom. The second-order valence-electron chi connectivity index (χ2n) is 9.83. The minimum absolute atomic E-state index is 0. The lowest BCUT2D eigenvalue weighted by molar-refractivity contribution is -0.119. The topological polar surface area (TPSA) is 174 Å². The van der Waals surface area contributed by atoms with Crippen LogP contribution in [0.3, 0.4) is 0 Å². The van der Waals surface area contributed by atoms with Gasteiger partial charge in [-0.2, -0.15) is 0 Å². The number of anilines is 1. The summed E-state index contributed by atoms with van der Waals surface area (Å²) in [5.74, 6) is -1.71. The highest BCUT2D eigenvalue weighted by Gasteiger charge is 2.43. The summed E-state index contributed by atoms with van der Waals surface area (Å²) in [5.41, 5.74) is 6.88. The van der Waals surface area contributed by atoms with Crippen LogP contribution < -0.4 is 11.1 Å². The van der Waals surface area contributed by atoms with Crippen molar-refractivity contribution in [3.05, 3.63) is 65.2 Å². The summed E-state index contributed by atoms with van der Waals surface area (Å²) in [7, 11) is -3.27. The molecule has 4 rings (SSSR count). The number of piperidine rings is 1. The molecule has 13 heteroatoms. The van der Waals surface area contributed by atoms with Crippen molar-refractivity contribution >= 4 is 51.7 Å². The summed E-state index contributed by atoms with van der Waals surface area (Å²) >= 11 is 0. The number of carboxylic acid groups (broad SMARTS) is 1. The number of likely N-dealkylation sites (tertiary alicyclic amines) is 1. The van der Waals surface area contributed by atoms with Crippen LogP contribution in [-0.4, -0.2) is 78.3 Å². The van der Waals surface area contributed by atoms with Crippen LogP contribution >= 0.6 is 12.4 Å². The average Bonchev–Trinajstić information content (AvgIpc) is 3.34. The zero-order valence-corrected chi connectivity index (χ0v) is 23.0. The number of aromatic carboxylic acids is 1. The molecule has 0 spiro atoms. The Kier molecular flexibility index (Phi) is 9.36. The first-order valence-corrected chi connectivity index (χ1v) is 14.1. The van der Waals surface area contributed by atoms with E-state index in [1.54, 1.807) is 29.2 Å². The van der Waals surface area contributed by atoms with Crippen LogP contribution in [0.2, 0.25) is 0 Å². The molecule has 0 aromatic heterocycles. The van der Waals surface area contributed by atoms with Crippen molar-refractivity contribution in [2.75, 3.05) is 31.2 Å². The number of nitrogen functional groups attached to an aromatic ring is 1. The fraction of sp³-hybridized carbons (Fsp3) is 0.385. The molecule has 11 nitrogen and oxygen atoms in total. The van der Waals surface area contributed by atoms with Crippen LogP contribution in [0.25, 0.3) is 0 Å². The molecule has 2 saturated heterocycles. The lowest BCUT2D eigenvalue weighted by Gasteiger charge is -2.33. The van der Waals surface area contributed by atoms with Gasteiger partial charge in [0.15, 0.2) is 0 Å². The fourth-order valence-electron chi connectivity index (χ4n) is 5.24. The Hall–Kier alpha value is -3.48. The van der Waals surface area contributed by atoms with Gasteiger partial charge < -0.3 is 21.1 Å². The molecule has 5 N–H and O–H groups in total. The van der Waals surface area contributed by atoms with E-state index in [4.69, 9.17) is 16.2 Å². The molecule has 39 heavy (non-hydrogen) atoms. The van der Waals surface area contributed by atoms with Gasteiger partial charge in [0.2, 0.25) is 15.9 Å². The third kappa shape index (κ3) is 6.94. The van der Waals surface area contributed by atoms with Gasteiger partial charge in [0.1, 0.15) is 11.9 Å². The summed E-state index contributed by atoms with van der Waals surface area (Å²) < 4.78 is 25.3. The van der Waals surface area contributed by atoms with E-state index in [2.05, 4.69) is 5.32 Å². The number of hydrogen-bond donors (Lipinski definition) is 4. The molecular weight excluding hydrogens is 546 g/mol. The van der Waals surface area contributed by atoms with Crippen LogP contribution in [0.5, 0.6) is 0 Å². The van der Waals surface area contributed by atoms with Crippen molar-refractivity contribution in [1.29, 1.82) is 5.41 Å². The molecule has 0 aliphatic carbocycles. The molecular formula is C26H32ClN5O6S. The van der Waals surface area contributed by atoms with Gasteiger partial charge in [-0.05, 0) is 67.5 Å². The number of halogens is 1. The lowest BCUT2D eigenvalue weighted by Crippen LogP contribution is -2.43. The number of amides is 2. The number of carbonyl (C=O) groups excluding carboxylic acids is 2. The molecule has 2 fully saturated rings. The third-order valence-electron chi connectivity index (χ3n) is 7.37. The monoisotopic (exact) mass is 577 g/mol. The van der Waals surface area contributed by atoms with Crippen molar-refractivity contribution in [3.63, 3.8) is 0 Å². The van der Waals surface area contributed by atoms with E-state index < -0.39 is 22.0 Å². The van der Waals surface area contributed by atoms with Crippen molar-refractivity contribution < 1.29 is 27.9 Å². The van der Waals surface area contributed by atoms with Crippen molar-refractivity contribution in [2.24, 2.45) is 17.6 Å². The first-order valence-electron chi connectivity index (χ1n) is 12.3. The van der Waals surface area contributed by atoms with Gasteiger partial charge in [-0.25, -0.2) is 17.5 Å². The summed E-state index contributed by atoms with van der Waals surface area (Å²) in [4.78, 5) is 39.6. The molecule has 2 heterocycles. The quantitative estimate of drug-likeness (QED) is 0.288. The minimum atomic E-state index is -3.27. The summed E-state index contributed by atoms with van der Waals surface area (Å²) in [6.45, 7) is 1.17. The van der Waals surface area contributed by atoms with E-state index in [0.29, 0.717) is 55.7 Å². The molecule has 2 atom stereocenters. The van der Waals surface area contributed by atoms with Gasteiger partial charge in [0, 0.05) is 36.4 Å². The zero-order valence-electron chi connectivity index (χ0n) is 21.4. The number of nitrogens with one attached hydrogen (secondary N) is 2. The zero-order chi connectivity index (χ0) is 27.6. The maximum Gasteiger partial charge on any atom is 0.335 e. The SMILES string of the molecule is CS(=O)(=O)N1CCC([C@H]2C[C@@H](C(=O)Nc3ccc(C(=O)O)cc3)N(C(=O)c3ccc(C(=N)N)cc3)C2)CC1.Cl. The number of benzene rings is 2. The second-order valence-corrected chi connectivity index (χ2v) is 11.8. The Bertz CT molecular complexity index is 1340. The average molecular weight is 578 g/mol. The van der Waals surface area contributed by atoms with Crippen LogP contribution in [0.4, 0.5) is 5.69 Å². The van der Waals surface area contributed by atoms with Crippen LogP contribution in [0, 0.1) is 17.2 Å². The smallest absolute Gasteiger partial charge is 0.335 e. The first kappa shape index (κ1) is 30.1. The standard InChI is InChI=1S/C26H31N5O6S.ClH/c1-38(36,37)30-12-10-16(11-13-30)20-14-22(24(32)29-21-8-6-19(7-9-21)26(34)35)31(15-20)25(33)18-4-2-17(3-5-18)23(27)28;/h2-9,16,20,22H,10-15H2,1H3,(H3,27,28)(H,29,32)(H,34,35);1H/t20-,22-;/m0./s1. The summed E-state index contributed by atoms with van der Waals surface area (Å²) in [5, 5.41) is 19.5. The van der Waals surface area contributed by atoms with E-state index in [1.807, 2.05) is 0 Å². The minimum Gasteiger partial charge on any atom is -0.478 e. The number of nitrogens with two attached hydrogens (primary N) is 1. The molecule has 0 unspecified atom stereocenters. The number of amidine groups is 1. The maximum atomic E-state index is 13.5. The van der Waals surface area contributed by atoms with Crippen molar-refractivity contribution in [1.82, 2.24) is 9.21 Å². The molecule has 2 aliphatic rings. The molecule has 210 valence electrons. The Labute approximate surface area is 233 Å². The van der Waals surface area contributed by atoms with Crippen LogP contribution in [-0.2, 0) is 14.8 Å². The van der Waals surface area contributed by atoms with Gasteiger partial charge in [0.05, 0.1) is 11.8 Å². The maximum absolute atomic E-state index is 13.5. The molecule has 0 saturated carbocycles. The van der Waals surface area contributed by atoms with Gasteiger partial charge in [-0.1, -0.05) is 12.1 Å². The predicted molar refractivity (Wildman–Crippen MR) is 149 cm³/mol. The number of carboxylic acids is 1. The second kappa shape index (κ2) is 12.1. The van der Waals surface area contributed by atoms with Crippen LogP contribution in [0.15, 0.2) is 48.5 Å². The number of hydrogen-bond acceptors (Lipinski definition) is 6. The van der Waals surface area contributed by atoms with Crippen LogP contribution in [0.1, 0.15) is 45.5 Å². The highest BCUT2D eigenvalue weighted by atomic mass is 35.5. The van der Waals surface area contributed by atoms with Gasteiger partial charge in [0.25, 0.3) is 5.91 Å². The third-order valence-corrected chi connectivity index (χ3v) is 8.68. The lowest BCUT2D eigenvalue weighted by atomic mass is 9.83. The van der Waals surface area contributed by atoms with E-state index in [-0.39, 0.29) is 47.5 Å². The van der Waals surface area contributed by atoms with E-state index >= 15 is 0 Å².